The Hall–Kier alpha value is -2.38. The molecule has 0 aliphatic carbocycles. The molecule has 0 atom stereocenters. The molecule has 0 aliphatic heterocycles. The molecule has 0 heterocycles. The highest BCUT2D eigenvalue weighted by Crippen LogP contribution is 2.19. The van der Waals surface area contributed by atoms with Crippen molar-refractivity contribution in [2.45, 2.75) is 24.7 Å². The van der Waals surface area contributed by atoms with E-state index in [9.17, 15) is 13.2 Å². The number of rotatable bonds is 8. The van der Waals surface area contributed by atoms with Crippen LogP contribution < -0.4 is 10.1 Å². The van der Waals surface area contributed by atoms with Gasteiger partial charge >= 0.3 is 0 Å². The van der Waals surface area contributed by atoms with Gasteiger partial charge in [-0.05, 0) is 48.9 Å². The van der Waals surface area contributed by atoms with Crippen molar-refractivity contribution in [3.63, 3.8) is 0 Å². The third kappa shape index (κ3) is 5.06. The van der Waals surface area contributed by atoms with E-state index >= 15 is 0 Å². The number of sulfonamides is 1. The third-order valence-electron chi connectivity index (χ3n) is 3.75. The summed E-state index contributed by atoms with van der Waals surface area (Å²) >= 11 is 0. The van der Waals surface area contributed by atoms with E-state index in [1.165, 1.54) is 26.2 Å². The van der Waals surface area contributed by atoms with Crippen LogP contribution >= 0.6 is 0 Å². The van der Waals surface area contributed by atoms with Gasteiger partial charge in [-0.1, -0.05) is 19.4 Å². The van der Waals surface area contributed by atoms with Gasteiger partial charge in [-0.3, -0.25) is 4.79 Å². The second-order valence-electron chi connectivity index (χ2n) is 6.00. The number of carbonyl (C=O) groups is 1. The zero-order valence-corrected chi connectivity index (χ0v) is 16.0. The number of nitrogens with one attached hydrogen (secondary N) is 1. The van der Waals surface area contributed by atoms with Crippen LogP contribution in [0.4, 0.5) is 5.69 Å². The molecule has 2 rings (SSSR count). The molecule has 0 bridgehead atoms. The van der Waals surface area contributed by atoms with E-state index in [2.05, 4.69) is 12.2 Å². The van der Waals surface area contributed by atoms with E-state index in [4.69, 9.17) is 4.74 Å². The lowest BCUT2D eigenvalue weighted by atomic mass is 10.2. The van der Waals surface area contributed by atoms with Crippen molar-refractivity contribution < 1.29 is 17.9 Å². The minimum Gasteiger partial charge on any atom is -0.494 e. The number of anilines is 1. The summed E-state index contributed by atoms with van der Waals surface area (Å²) in [6.45, 7) is 2.74. The Morgan fingerprint density at radius 1 is 1.12 bits per heavy atom. The number of ether oxygens (including phenoxy) is 1. The van der Waals surface area contributed by atoms with Gasteiger partial charge in [-0.25, -0.2) is 12.7 Å². The van der Waals surface area contributed by atoms with Crippen molar-refractivity contribution in [3.8, 4) is 5.75 Å². The maximum atomic E-state index is 12.4. The van der Waals surface area contributed by atoms with Crippen LogP contribution in [0.3, 0.4) is 0 Å². The second-order valence-corrected chi connectivity index (χ2v) is 8.15. The Morgan fingerprint density at radius 2 is 1.81 bits per heavy atom. The monoisotopic (exact) mass is 376 g/mol. The summed E-state index contributed by atoms with van der Waals surface area (Å²) in [5.74, 6) is 0.401. The predicted octanol–water partition coefficient (Wildman–Crippen LogP) is 3.37. The summed E-state index contributed by atoms with van der Waals surface area (Å²) < 4.78 is 31.1. The second kappa shape index (κ2) is 8.82. The molecule has 6 nitrogen and oxygen atoms in total. The quantitative estimate of drug-likeness (QED) is 0.717. The van der Waals surface area contributed by atoms with Crippen molar-refractivity contribution in [1.29, 1.82) is 0 Å². The van der Waals surface area contributed by atoms with E-state index in [1.807, 2.05) is 0 Å². The molecule has 7 heteroatoms. The molecule has 26 heavy (non-hydrogen) atoms. The van der Waals surface area contributed by atoms with Gasteiger partial charge in [-0.2, -0.15) is 0 Å². The van der Waals surface area contributed by atoms with Gasteiger partial charge < -0.3 is 10.1 Å². The smallest absolute Gasteiger partial charge is 0.255 e. The molecule has 0 spiro atoms. The Kier molecular flexibility index (Phi) is 6.76. The summed E-state index contributed by atoms with van der Waals surface area (Å²) in [6.07, 6.45) is 2.04. The molecule has 0 fully saturated rings. The van der Waals surface area contributed by atoms with Crippen LogP contribution in [0, 0.1) is 0 Å². The molecule has 1 N–H and O–H groups in total. The summed E-state index contributed by atoms with van der Waals surface area (Å²) in [7, 11) is -0.625. The largest absolute Gasteiger partial charge is 0.494 e. The van der Waals surface area contributed by atoms with E-state index in [1.54, 1.807) is 36.4 Å². The Morgan fingerprint density at radius 3 is 2.42 bits per heavy atom. The normalized spacial score (nSPS) is 11.4. The molecular formula is C19H24N2O4S. The molecule has 0 saturated carbocycles. The maximum Gasteiger partial charge on any atom is 0.255 e. The highest BCUT2D eigenvalue weighted by atomic mass is 32.2. The highest BCUT2D eigenvalue weighted by Gasteiger charge is 2.17. The number of hydrogen-bond acceptors (Lipinski definition) is 4. The third-order valence-corrected chi connectivity index (χ3v) is 5.56. The first-order valence-corrected chi connectivity index (χ1v) is 9.85. The van der Waals surface area contributed by atoms with Crippen molar-refractivity contribution in [2.24, 2.45) is 0 Å². The fraction of sp³-hybridized carbons (Fsp3) is 0.316. The Labute approximate surface area is 154 Å². The molecule has 2 aromatic carbocycles. The van der Waals surface area contributed by atoms with Crippen LogP contribution in [0.25, 0.3) is 0 Å². The molecule has 2 aromatic rings. The topological polar surface area (TPSA) is 75.7 Å². The average Bonchev–Trinajstić information content (AvgIpc) is 2.62. The zero-order chi connectivity index (χ0) is 19.2. The number of carbonyl (C=O) groups excluding carboxylic acids is 1. The first-order chi connectivity index (χ1) is 12.3. The molecule has 140 valence electrons. The minimum absolute atomic E-state index is 0.125. The molecule has 0 aliphatic rings. The van der Waals surface area contributed by atoms with Crippen LogP contribution in [0.1, 0.15) is 30.1 Å². The molecular weight excluding hydrogens is 352 g/mol. The number of nitrogens with zero attached hydrogens (tertiary/aromatic N) is 1. The van der Waals surface area contributed by atoms with Crippen molar-refractivity contribution in [2.75, 3.05) is 26.0 Å². The SMILES string of the molecule is CCCCOc1ccc(C(=O)Nc2cccc(S(=O)(=O)N(C)C)c2)cc1. The molecule has 0 aromatic heterocycles. The Bertz CT molecular complexity index is 846. The van der Waals surface area contributed by atoms with E-state index < -0.39 is 10.0 Å². The van der Waals surface area contributed by atoms with Crippen molar-refractivity contribution in [3.05, 3.63) is 54.1 Å². The first-order valence-electron chi connectivity index (χ1n) is 8.41. The van der Waals surface area contributed by atoms with Crippen LogP contribution in [-0.4, -0.2) is 39.3 Å². The van der Waals surface area contributed by atoms with Gasteiger partial charge in [0.2, 0.25) is 10.0 Å². The predicted molar refractivity (Wildman–Crippen MR) is 102 cm³/mol. The van der Waals surface area contributed by atoms with Gasteiger partial charge in [0.25, 0.3) is 5.91 Å². The standard InChI is InChI=1S/C19H24N2O4S/c1-4-5-13-25-17-11-9-15(10-12-17)19(22)20-16-7-6-8-18(14-16)26(23,24)21(2)3/h6-12,14H,4-5,13H2,1-3H3,(H,20,22). The van der Waals surface area contributed by atoms with E-state index in [-0.39, 0.29) is 10.8 Å². The first kappa shape index (κ1) is 19.9. The van der Waals surface area contributed by atoms with Gasteiger partial charge in [0.15, 0.2) is 0 Å². The molecule has 0 radical (unpaired) electrons. The molecule has 0 unspecified atom stereocenters. The summed E-state index contributed by atoms with van der Waals surface area (Å²) in [6, 6.07) is 13.0. The number of hydrogen-bond donors (Lipinski definition) is 1. The van der Waals surface area contributed by atoms with Gasteiger partial charge in [0.05, 0.1) is 11.5 Å². The Balaban J connectivity index is 2.08. The summed E-state index contributed by atoms with van der Waals surface area (Å²) in [5, 5.41) is 2.72. The molecule has 0 saturated heterocycles. The fourth-order valence-corrected chi connectivity index (χ4v) is 3.13. The van der Waals surface area contributed by atoms with Gasteiger partial charge in [-0.15, -0.1) is 0 Å². The van der Waals surface area contributed by atoms with Crippen LogP contribution in [0.15, 0.2) is 53.4 Å². The fourth-order valence-electron chi connectivity index (χ4n) is 2.19. The lowest BCUT2D eigenvalue weighted by molar-refractivity contribution is 0.102. The van der Waals surface area contributed by atoms with Crippen LogP contribution in [-0.2, 0) is 10.0 Å². The maximum absolute atomic E-state index is 12.4. The molecule has 1 amide bonds. The van der Waals surface area contributed by atoms with Crippen molar-refractivity contribution >= 4 is 21.6 Å². The highest BCUT2D eigenvalue weighted by molar-refractivity contribution is 7.89. The lowest BCUT2D eigenvalue weighted by Crippen LogP contribution is -2.22. The van der Waals surface area contributed by atoms with Crippen LogP contribution in [0.2, 0.25) is 0 Å². The van der Waals surface area contributed by atoms with E-state index in [0.717, 1.165) is 17.1 Å². The van der Waals surface area contributed by atoms with Crippen LogP contribution in [0.5, 0.6) is 5.75 Å². The summed E-state index contributed by atoms with van der Waals surface area (Å²) in [4.78, 5) is 12.5. The number of amides is 1. The zero-order valence-electron chi connectivity index (χ0n) is 15.2. The van der Waals surface area contributed by atoms with Gasteiger partial charge in [0.1, 0.15) is 5.75 Å². The van der Waals surface area contributed by atoms with Gasteiger partial charge in [0, 0.05) is 25.3 Å². The minimum atomic E-state index is -3.55. The van der Waals surface area contributed by atoms with E-state index in [0.29, 0.717) is 23.6 Å². The number of unbranched alkanes of at least 4 members (excludes halogenated alkanes) is 1. The summed E-state index contributed by atoms with van der Waals surface area (Å²) in [5.41, 5.74) is 0.884. The van der Waals surface area contributed by atoms with Crippen molar-refractivity contribution in [1.82, 2.24) is 4.31 Å². The lowest BCUT2D eigenvalue weighted by Gasteiger charge is -2.13. The number of benzene rings is 2. The average molecular weight is 376 g/mol.